The number of carbonyl (C=O) groups is 1. The fourth-order valence-electron chi connectivity index (χ4n) is 2.55. The van der Waals surface area contributed by atoms with Crippen LogP contribution >= 0.6 is 0 Å². The summed E-state index contributed by atoms with van der Waals surface area (Å²) in [6.07, 6.45) is 7.80. The van der Waals surface area contributed by atoms with Gasteiger partial charge in [0.15, 0.2) is 0 Å². The average molecular weight is 255 g/mol. The maximum absolute atomic E-state index is 9.85. The summed E-state index contributed by atoms with van der Waals surface area (Å²) in [5, 5.41) is 8.12. The minimum atomic E-state index is -0.650. The molecule has 0 unspecified atom stereocenters. The molecule has 3 heteroatoms. The summed E-state index contributed by atoms with van der Waals surface area (Å²) in [7, 11) is 0. The number of rotatable bonds is 2. The van der Waals surface area contributed by atoms with Gasteiger partial charge in [-0.1, -0.05) is 20.8 Å². The van der Waals surface area contributed by atoms with Gasteiger partial charge in [-0.3, -0.25) is 4.79 Å². The third-order valence-electron chi connectivity index (χ3n) is 4.16. The van der Waals surface area contributed by atoms with Crippen molar-refractivity contribution in [1.29, 1.82) is 0 Å². The molecule has 106 valence electrons. The lowest BCUT2D eigenvalue weighted by molar-refractivity contribution is -0.137. The third-order valence-corrected chi connectivity index (χ3v) is 4.16. The van der Waals surface area contributed by atoms with Crippen molar-refractivity contribution in [2.24, 2.45) is 23.0 Å². The molecule has 2 rings (SSSR count). The standard InChI is InChI=1S/C10H21N.C5H8O2/c1-10(2,3)8-4-6-9(11)7-5-8;6-5(7)3-4-1-2-4/h8-9H,4-7,11H2,1-3H3;4H,1-3H2,(H,6,7). The van der Waals surface area contributed by atoms with Gasteiger partial charge in [-0.05, 0) is 55.8 Å². The molecule has 0 aromatic heterocycles. The minimum Gasteiger partial charge on any atom is -0.481 e. The highest BCUT2D eigenvalue weighted by Gasteiger charge is 2.28. The third kappa shape index (κ3) is 6.39. The zero-order valence-electron chi connectivity index (χ0n) is 12.1. The van der Waals surface area contributed by atoms with Gasteiger partial charge in [-0.15, -0.1) is 0 Å². The Bertz CT molecular complexity index is 258. The number of aliphatic carboxylic acids is 1. The van der Waals surface area contributed by atoms with Gasteiger partial charge in [0.25, 0.3) is 0 Å². The van der Waals surface area contributed by atoms with Gasteiger partial charge in [-0.2, -0.15) is 0 Å². The zero-order chi connectivity index (χ0) is 13.8. The highest BCUT2D eigenvalue weighted by molar-refractivity contribution is 5.67. The molecule has 0 bridgehead atoms. The van der Waals surface area contributed by atoms with E-state index in [-0.39, 0.29) is 0 Å². The minimum absolute atomic E-state index is 0.389. The summed E-state index contributed by atoms with van der Waals surface area (Å²) in [5.41, 5.74) is 6.34. The van der Waals surface area contributed by atoms with Gasteiger partial charge >= 0.3 is 5.97 Å². The second-order valence-electron chi connectivity index (χ2n) is 7.02. The molecule has 2 fully saturated rings. The first-order valence-corrected chi connectivity index (χ1v) is 7.26. The van der Waals surface area contributed by atoms with E-state index in [9.17, 15) is 4.79 Å². The lowest BCUT2D eigenvalue weighted by Gasteiger charge is -2.35. The van der Waals surface area contributed by atoms with Crippen LogP contribution in [-0.4, -0.2) is 17.1 Å². The second-order valence-corrected chi connectivity index (χ2v) is 7.02. The molecule has 2 aliphatic carbocycles. The molecule has 0 heterocycles. The van der Waals surface area contributed by atoms with E-state index < -0.39 is 5.97 Å². The van der Waals surface area contributed by atoms with Crippen molar-refractivity contribution in [2.45, 2.75) is 71.8 Å². The molecule has 0 aliphatic heterocycles. The number of nitrogens with two attached hydrogens (primary N) is 1. The topological polar surface area (TPSA) is 63.3 Å². The first kappa shape index (κ1) is 15.5. The van der Waals surface area contributed by atoms with E-state index in [0.717, 1.165) is 18.8 Å². The molecule has 3 nitrogen and oxygen atoms in total. The number of hydrogen-bond donors (Lipinski definition) is 2. The molecule has 0 spiro atoms. The fourth-order valence-corrected chi connectivity index (χ4v) is 2.55. The van der Waals surface area contributed by atoms with E-state index in [4.69, 9.17) is 10.8 Å². The molecule has 0 radical (unpaired) electrons. The van der Waals surface area contributed by atoms with E-state index in [1.54, 1.807) is 0 Å². The molecule has 0 atom stereocenters. The first-order chi connectivity index (χ1) is 8.29. The van der Waals surface area contributed by atoms with E-state index >= 15 is 0 Å². The molecule has 2 saturated carbocycles. The SMILES string of the molecule is CC(C)(C)C1CCC(N)CC1.O=C(O)CC1CC1. The summed E-state index contributed by atoms with van der Waals surface area (Å²) in [6.45, 7) is 7.03. The van der Waals surface area contributed by atoms with E-state index in [1.165, 1.54) is 25.7 Å². The van der Waals surface area contributed by atoms with Crippen molar-refractivity contribution < 1.29 is 9.90 Å². The Morgan fingerprint density at radius 3 is 1.89 bits per heavy atom. The predicted octanol–water partition coefficient (Wildman–Crippen LogP) is 3.42. The van der Waals surface area contributed by atoms with Crippen LogP contribution in [0.25, 0.3) is 0 Å². The normalized spacial score (nSPS) is 28.2. The van der Waals surface area contributed by atoms with Gasteiger partial charge in [-0.25, -0.2) is 0 Å². The fraction of sp³-hybridized carbons (Fsp3) is 0.933. The van der Waals surface area contributed by atoms with Gasteiger partial charge in [0.2, 0.25) is 0 Å². The van der Waals surface area contributed by atoms with Crippen molar-refractivity contribution in [3.8, 4) is 0 Å². The van der Waals surface area contributed by atoms with Crippen LogP contribution in [0.1, 0.15) is 65.7 Å². The molecular formula is C15H29NO2. The van der Waals surface area contributed by atoms with Crippen LogP contribution in [0.15, 0.2) is 0 Å². The van der Waals surface area contributed by atoms with Crippen LogP contribution in [0, 0.1) is 17.3 Å². The van der Waals surface area contributed by atoms with Gasteiger partial charge < -0.3 is 10.8 Å². The monoisotopic (exact) mass is 255 g/mol. The van der Waals surface area contributed by atoms with Crippen molar-refractivity contribution in [3.05, 3.63) is 0 Å². The molecule has 0 amide bonds. The largest absolute Gasteiger partial charge is 0.481 e. The average Bonchev–Trinajstić information content (AvgIpc) is 3.01. The molecule has 0 aromatic rings. The predicted molar refractivity (Wildman–Crippen MR) is 74.4 cm³/mol. The Labute approximate surface area is 111 Å². The molecule has 0 saturated heterocycles. The van der Waals surface area contributed by atoms with E-state index in [2.05, 4.69) is 20.8 Å². The summed E-state index contributed by atoms with van der Waals surface area (Å²) < 4.78 is 0. The Morgan fingerprint density at radius 2 is 1.61 bits per heavy atom. The Morgan fingerprint density at radius 1 is 1.11 bits per heavy atom. The number of carboxylic acids is 1. The van der Waals surface area contributed by atoms with Crippen molar-refractivity contribution in [3.63, 3.8) is 0 Å². The van der Waals surface area contributed by atoms with Crippen LogP contribution < -0.4 is 5.73 Å². The van der Waals surface area contributed by atoms with Gasteiger partial charge in [0.1, 0.15) is 0 Å². The van der Waals surface area contributed by atoms with Gasteiger partial charge in [0, 0.05) is 12.5 Å². The molecular weight excluding hydrogens is 226 g/mol. The van der Waals surface area contributed by atoms with Crippen molar-refractivity contribution >= 4 is 5.97 Å². The van der Waals surface area contributed by atoms with Gasteiger partial charge in [0.05, 0.1) is 0 Å². The van der Waals surface area contributed by atoms with Crippen LogP contribution in [0.3, 0.4) is 0 Å². The molecule has 3 N–H and O–H groups in total. The van der Waals surface area contributed by atoms with Crippen molar-refractivity contribution in [2.75, 3.05) is 0 Å². The summed E-state index contributed by atoms with van der Waals surface area (Å²) in [6, 6.07) is 0.494. The van der Waals surface area contributed by atoms with Crippen LogP contribution in [-0.2, 0) is 4.79 Å². The van der Waals surface area contributed by atoms with E-state index in [0.29, 0.717) is 23.8 Å². The molecule has 2 aliphatic rings. The van der Waals surface area contributed by atoms with Crippen LogP contribution in [0.4, 0.5) is 0 Å². The van der Waals surface area contributed by atoms with E-state index in [1.807, 2.05) is 0 Å². The molecule has 0 aromatic carbocycles. The smallest absolute Gasteiger partial charge is 0.303 e. The maximum atomic E-state index is 9.85. The Balaban J connectivity index is 0.000000199. The lowest BCUT2D eigenvalue weighted by Crippen LogP contribution is -2.31. The summed E-state index contributed by atoms with van der Waals surface area (Å²) in [5.74, 6) is 0.780. The lowest BCUT2D eigenvalue weighted by atomic mass is 9.71. The highest BCUT2D eigenvalue weighted by Crippen LogP contribution is 2.37. The quantitative estimate of drug-likeness (QED) is 0.794. The Hall–Kier alpha value is -0.570. The second kappa shape index (κ2) is 6.55. The summed E-state index contributed by atoms with van der Waals surface area (Å²) >= 11 is 0. The zero-order valence-corrected chi connectivity index (χ0v) is 12.1. The van der Waals surface area contributed by atoms with Crippen molar-refractivity contribution in [1.82, 2.24) is 0 Å². The summed E-state index contributed by atoms with van der Waals surface area (Å²) in [4.78, 5) is 9.85. The Kier molecular flexibility index (Phi) is 5.64. The van der Waals surface area contributed by atoms with Crippen LogP contribution in [0.5, 0.6) is 0 Å². The first-order valence-electron chi connectivity index (χ1n) is 7.26. The van der Waals surface area contributed by atoms with Crippen LogP contribution in [0.2, 0.25) is 0 Å². The number of hydrogen-bond acceptors (Lipinski definition) is 2. The molecule has 18 heavy (non-hydrogen) atoms. The number of carboxylic acid groups (broad SMARTS) is 1. The maximum Gasteiger partial charge on any atom is 0.303 e. The highest BCUT2D eigenvalue weighted by atomic mass is 16.4.